The van der Waals surface area contributed by atoms with Crippen LogP contribution in [-0.2, 0) is 7.05 Å². The molecule has 5 aromatic heterocycles. The van der Waals surface area contributed by atoms with Crippen molar-refractivity contribution in [3.8, 4) is 11.1 Å². The molecule has 5 rings (SSSR count). The van der Waals surface area contributed by atoms with Crippen molar-refractivity contribution in [1.82, 2.24) is 29.1 Å². The minimum atomic E-state index is 0.780. The lowest BCUT2D eigenvalue weighted by molar-refractivity contribution is 0.771. The average Bonchev–Trinajstić information content (AvgIpc) is 3.34. The second-order valence-corrected chi connectivity index (χ2v) is 5.93. The van der Waals surface area contributed by atoms with Gasteiger partial charge in [-0.25, -0.2) is 4.98 Å². The second-order valence-electron chi connectivity index (χ2n) is 5.93. The number of hydrogen-bond donors (Lipinski definition) is 2. The zero-order valence-corrected chi connectivity index (χ0v) is 13.5. The van der Waals surface area contributed by atoms with E-state index in [-0.39, 0.29) is 0 Å². The van der Waals surface area contributed by atoms with Crippen molar-refractivity contribution < 1.29 is 0 Å². The summed E-state index contributed by atoms with van der Waals surface area (Å²) in [5.74, 6) is 0.780. The van der Waals surface area contributed by atoms with Gasteiger partial charge in [-0.05, 0) is 18.2 Å². The van der Waals surface area contributed by atoms with E-state index < -0.39 is 0 Å². The number of hydrogen-bond acceptors (Lipinski definition) is 4. The molecule has 122 valence electrons. The summed E-state index contributed by atoms with van der Waals surface area (Å²) in [4.78, 5) is 12.2. The normalized spacial score (nSPS) is 11.4. The Morgan fingerprint density at radius 1 is 1.08 bits per heavy atom. The van der Waals surface area contributed by atoms with Crippen LogP contribution in [0.5, 0.6) is 0 Å². The van der Waals surface area contributed by atoms with Gasteiger partial charge in [0.2, 0.25) is 0 Å². The molecule has 0 aliphatic heterocycles. The molecule has 0 saturated carbocycles. The Morgan fingerprint density at radius 3 is 2.92 bits per heavy atom. The van der Waals surface area contributed by atoms with Crippen molar-refractivity contribution in [2.45, 2.75) is 0 Å². The summed E-state index contributed by atoms with van der Waals surface area (Å²) < 4.78 is 3.76. The number of H-pyrrole nitrogens is 1. The summed E-state index contributed by atoms with van der Waals surface area (Å²) in [6, 6.07) is 8.07. The van der Waals surface area contributed by atoms with Gasteiger partial charge in [0.1, 0.15) is 0 Å². The minimum Gasteiger partial charge on any atom is -0.360 e. The molecule has 0 amide bonds. The molecule has 7 heteroatoms. The smallest absolute Gasteiger partial charge is 0.160 e. The van der Waals surface area contributed by atoms with Crippen LogP contribution in [-0.4, -0.2) is 29.1 Å². The van der Waals surface area contributed by atoms with E-state index in [0.29, 0.717) is 0 Å². The van der Waals surface area contributed by atoms with Crippen LogP contribution in [0.3, 0.4) is 0 Å². The van der Waals surface area contributed by atoms with Crippen molar-refractivity contribution in [2.24, 2.45) is 7.05 Å². The number of nitrogens with one attached hydrogen (secondary N) is 2. The van der Waals surface area contributed by atoms with Gasteiger partial charge in [-0.1, -0.05) is 0 Å². The van der Waals surface area contributed by atoms with Gasteiger partial charge in [0, 0.05) is 61.4 Å². The topological polar surface area (TPSA) is 75.8 Å². The quantitative estimate of drug-likeness (QED) is 0.532. The molecule has 0 aromatic carbocycles. The van der Waals surface area contributed by atoms with E-state index >= 15 is 0 Å². The summed E-state index contributed by atoms with van der Waals surface area (Å²) in [6.07, 6.45) is 11.5. The standard InChI is InChI=1S/C18H15N7/c1-24-6-3-17(23-24)22-16-9-13(11-25-7-5-20-18(16)25)12-8-15-14(21-10-12)2-4-19-15/h2-11,19H,1H3,(H,22,23). The third-order valence-electron chi connectivity index (χ3n) is 4.20. The Hall–Kier alpha value is -3.61. The number of aromatic amines is 1. The third kappa shape index (κ3) is 2.33. The molecule has 0 spiro atoms. The molecule has 0 atom stereocenters. The predicted molar refractivity (Wildman–Crippen MR) is 96.8 cm³/mol. The van der Waals surface area contributed by atoms with Gasteiger partial charge < -0.3 is 14.7 Å². The van der Waals surface area contributed by atoms with Crippen LogP contribution in [0.4, 0.5) is 11.5 Å². The first-order valence-corrected chi connectivity index (χ1v) is 7.93. The first-order valence-electron chi connectivity index (χ1n) is 7.93. The Morgan fingerprint density at radius 2 is 2.04 bits per heavy atom. The number of pyridine rings is 2. The first-order chi connectivity index (χ1) is 12.3. The lowest BCUT2D eigenvalue weighted by Crippen LogP contribution is -1.98. The van der Waals surface area contributed by atoms with Crippen molar-refractivity contribution >= 4 is 28.2 Å². The van der Waals surface area contributed by atoms with Gasteiger partial charge in [0.25, 0.3) is 0 Å². The molecular weight excluding hydrogens is 314 g/mol. The molecule has 5 heterocycles. The summed E-state index contributed by atoms with van der Waals surface area (Å²) in [6.45, 7) is 0. The maximum atomic E-state index is 4.51. The van der Waals surface area contributed by atoms with Crippen molar-refractivity contribution in [3.05, 3.63) is 61.4 Å². The van der Waals surface area contributed by atoms with Crippen molar-refractivity contribution in [2.75, 3.05) is 5.32 Å². The Bertz CT molecular complexity index is 1190. The monoisotopic (exact) mass is 329 g/mol. The molecule has 0 fully saturated rings. The number of imidazole rings is 1. The molecule has 7 nitrogen and oxygen atoms in total. The number of anilines is 2. The van der Waals surface area contributed by atoms with E-state index in [4.69, 9.17) is 0 Å². The number of aryl methyl sites for hydroxylation is 1. The van der Waals surface area contributed by atoms with E-state index in [2.05, 4.69) is 43.7 Å². The largest absolute Gasteiger partial charge is 0.360 e. The number of rotatable bonds is 3. The summed E-state index contributed by atoms with van der Waals surface area (Å²) >= 11 is 0. The lowest BCUT2D eigenvalue weighted by atomic mass is 10.1. The lowest BCUT2D eigenvalue weighted by Gasteiger charge is -2.09. The summed E-state index contributed by atoms with van der Waals surface area (Å²) in [5.41, 5.74) is 5.81. The Labute approximate surface area is 143 Å². The van der Waals surface area contributed by atoms with Crippen LogP contribution in [0, 0.1) is 0 Å². The second kappa shape index (κ2) is 5.20. The highest BCUT2D eigenvalue weighted by molar-refractivity contribution is 5.83. The maximum absolute atomic E-state index is 4.51. The molecule has 0 unspecified atom stereocenters. The van der Waals surface area contributed by atoms with E-state index in [1.807, 2.05) is 48.4 Å². The fraction of sp³-hybridized carbons (Fsp3) is 0.0556. The summed E-state index contributed by atoms with van der Waals surface area (Å²) in [7, 11) is 1.89. The van der Waals surface area contributed by atoms with E-state index in [0.717, 1.165) is 39.3 Å². The fourth-order valence-electron chi connectivity index (χ4n) is 2.99. The van der Waals surface area contributed by atoms with Gasteiger partial charge >= 0.3 is 0 Å². The number of aromatic nitrogens is 6. The SMILES string of the molecule is Cn1ccc(Nc2cc(-c3cnc4cc[nH]c4c3)cn3ccnc23)n1. The van der Waals surface area contributed by atoms with Gasteiger partial charge in [-0.3, -0.25) is 9.67 Å². The highest BCUT2D eigenvalue weighted by atomic mass is 15.3. The van der Waals surface area contributed by atoms with Crippen LogP contribution >= 0.6 is 0 Å². The van der Waals surface area contributed by atoms with E-state index in [9.17, 15) is 0 Å². The number of fused-ring (bicyclic) bond motifs is 2. The average molecular weight is 329 g/mol. The fourth-order valence-corrected chi connectivity index (χ4v) is 2.99. The zero-order chi connectivity index (χ0) is 16.8. The van der Waals surface area contributed by atoms with Gasteiger partial charge in [-0.15, -0.1) is 0 Å². The Balaban J connectivity index is 1.65. The van der Waals surface area contributed by atoms with Crippen LogP contribution in [0.25, 0.3) is 27.8 Å². The Kier molecular flexibility index (Phi) is 2.87. The molecule has 5 aromatic rings. The van der Waals surface area contributed by atoms with Gasteiger partial charge in [-0.2, -0.15) is 5.10 Å². The molecule has 2 N–H and O–H groups in total. The molecule has 0 bridgehead atoms. The molecular formula is C18H15N7. The molecule has 0 aliphatic rings. The minimum absolute atomic E-state index is 0.780. The highest BCUT2D eigenvalue weighted by Crippen LogP contribution is 2.28. The molecule has 0 aliphatic carbocycles. The van der Waals surface area contributed by atoms with Crippen LogP contribution in [0.15, 0.2) is 61.4 Å². The molecule has 0 saturated heterocycles. The maximum Gasteiger partial charge on any atom is 0.160 e. The molecule has 0 radical (unpaired) electrons. The van der Waals surface area contributed by atoms with Crippen LogP contribution in [0.1, 0.15) is 0 Å². The van der Waals surface area contributed by atoms with E-state index in [1.165, 1.54) is 0 Å². The van der Waals surface area contributed by atoms with Gasteiger partial charge in [0.05, 0.1) is 16.7 Å². The van der Waals surface area contributed by atoms with Crippen LogP contribution < -0.4 is 5.32 Å². The molecule has 25 heavy (non-hydrogen) atoms. The summed E-state index contributed by atoms with van der Waals surface area (Å²) in [5, 5.41) is 7.74. The highest BCUT2D eigenvalue weighted by Gasteiger charge is 2.10. The first kappa shape index (κ1) is 13.8. The van der Waals surface area contributed by atoms with Gasteiger partial charge in [0.15, 0.2) is 11.5 Å². The number of nitrogens with zero attached hydrogens (tertiary/aromatic N) is 5. The van der Waals surface area contributed by atoms with E-state index in [1.54, 1.807) is 10.9 Å². The zero-order valence-electron chi connectivity index (χ0n) is 13.5. The van der Waals surface area contributed by atoms with Crippen molar-refractivity contribution in [3.63, 3.8) is 0 Å². The predicted octanol–water partition coefficient (Wildman–Crippen LogP) is 3.35. The van der Waals surface area contributed by atoms with Crippen LogP contribution in [0.2, 0.25) is 0 Å². The third-order valence-corrected chi connectivity index (χ3v) is 4.20. The van der Waals surface area contributed by atoms with Crippen molar-refractivity contribution in [1.29, 1.82) is 0 Å².